The summed E-state index contributed by atoms with van der Waals surface area (Å²) in [4.78, 5) is 0. The minimum absolute atomic E-state index is 0.492. The van der Waals surface area contributed by atoms with Gasteiger partial charge in [0.05, 0.1) is 19.3 Å². The maximum absolute atomic E-state index is 5.26. The molecule has 0 bridgehead atoms. The van der Waals surface area contributed by atoms with Gasteiger partial charge in [-0.1, -0.05) is 0 Å². The van der Waals surface area contributed by atoms with E-state index in [1.165, 1.54) is 6.26 Å². The monoisotopic (exact) mass is 169 g/mol. The molecule has 1 aliphatic heterocycles. The van der Waals surface area contributed by atoms with Crippen molar-refractivity contribution in [3.63, 3.8) is 0 Å². The summed E-state index contributed by atoms with van der Waals surface area (Å²) in [6.45, 7) is 1.61. The molecule has 0 aromatic carbocycles. The zero-order valence-electron chi connectivity index (χ0n) is 6.73. The van der Waals surface area contributed by atoms with Crippen molar-refractivity contribution in [1.82, 2.24) is 5.16 Å². The van der Waals surface area contributed by atoms with E-state index in [-0.39, 0.29) is 0 Å². The van der Waals surface area contributed by atoms with Gasteiger partial charge in [-0.05, 0) is 18.0 Å². The zero-order valence-corrected chi connectivity index (χ0v) is 6.73. The minimum atomic E-state index is 0.492. The van der Waals surface area contributed by atoms with Gasteiger partial charge in [-0.2, -0.15) is 0 Å². The molecule has 0 spiro atoms. The van der Waals surface area contributed by atoms with E-state index in [4.69, 9.17) is 9.47 Å². The Bertz CT molecular complexity index is 218. The van der Waals surface area contributed by atoms with E-state index in [9.17, 15) is 0 Å². The van der Waals surface area contributed by atoms with Crippen molar-refractivity contribution in [3.8, 4) is 5.88 Å². The Kier molecular flexibility index (Phi) is 2.27. The summed E-state index contributed by atoms with van der Waals surface area (Å²) in [6, 6.07) is 1.70. The highest BCUT2D eigenvalue weighted by molar-refractivity contribution is 5.01. The van der Waals surface area contributed by atoms with Crippen molar-refractivity contribution >= 4 is 0 Å². The first-order valence-electron chi connectivity index (χ1n) is 4.10. The van der Waals surface area contributed by atoms with E-state index >= 15 is 0 Å². The molecule has 0 aliphatic carbocycles. The second kappa shape index (κ2) is 3.58. The molecule has 12 heavy (non-hydrogen) atoms. The second-order valence-corrected chi connectivity index (χ2v) is 2.78. The van der Waals surface area contributed by atoms with Crippen LogP contribution < -0.4 is 4.74 Å². The van der Waals surface area contributed by atoms with Gasteiger partial charge < -0.3 is 14.0 Å². The molecule has 0 radical (unpaired) electrons. The molecule has 1 saturated heterocycles. The van der Waals surface area contributed by atoms with Crippen molar-refractivity contribution in [3.05, 3.63) is 12.3 Å². The molecule has 66 valence electrons. The maximum Gasteiger partial charge on any atom is 0.253 e. The first-order valence-corrected chi connectivity index (χ1v) is 4.10. The first-order chi connectivity index (χ1) is 5.95. The average Bonchev–Trinajstić information content (AvgIpc) is 2.76. The molecule has 1 aromatic rings. The molecule has 2 rings (SSSR count). The van der Waals surface area contributed by atoms with Crippen molar-refractivity contribution in [2.24, 2.45) is 0 Å². The molecular formula is C8H11NO3. The lowest BCUT2D eigenvalue weighted by Crippen LogP contribution is -1.99. The predicted molar refractivity (Wildman–Crippen MR) is 41.0 cm³/mol. The Hall–Kier alpha value is -1.03. The summed E-state index contributed by atoms with van der Waals surface area (Å²) >= 11 is 0. The quantitative estimate of drug-likeness (QED) is 0.491. The molecule has 4 nitrogen and oxygen atoms in total. The SMILES string of the molecule is c1cc(OCCCC2CO2)no1. The molecule has 0 amide bonds. The number of aromatic nitrogens is 1. The van der Waals surface area contributed by atoms with E-state index < -0.39 is 0 Å². The van der Waals surface area contributed by atoms with Crippen LogP contribution in [0, 0.1) is 0 Å². The molecule has 4 heteroatoms. The molecule has 0 N–H and O–H groups in total. The normalized spacial score (nSPS) is 20.8. The molecule has 2 heterocycles. The Morgan fingerprint density at radius 1 is 1.67 bits per heavy atom. The zero-order chi connectivity index (χ0) is 8.23. The van der Waals surface area contributed by atoms with Crippen LogP contribution in [0.3, 0.4) is 0 Å². The predicted octanol–water partition coefficient (Wildman–Crippen LogP) is 1.23. The topological polar surface area (TPSA) is 47.8 Å². The van der Waals surface area contributed by atoms with Gasteiger partial charge in [-0.3, -0.25) is 0 Å². The molecule has 0 saturated carbocycles. The van der Waals surface area contributed by atoms with Gasteiger partial charge in [0.2, 0.25) is 0 Å². The van der Waals surface area contributed by atoms with Crippen LogP contribution in [0.4, 0.5) is 0 Å². The molecule has 1 fully saturated rings. The van der Waals surface area contributed by atoms with Crippen molar-refractivity contribution in [1.29, 1.82) is 0 Å². The van der Waals surface area contributed by atoms with Crippen LogP contribution in [0.5, 0.6) is 5.88 Å². The van der Waals surface area contributed by atoms with Gasteiger partial charge in [-0.15, -0.1) is 0 Å². The van der Waals surface area contributed by atoms with Crippen LogP contribution in [-0.4, -0.2) is 24.5 Å². The third kappa shape index (κ3) is 2.23. The summed E-state index contributed by atoms with van der Waals surface area (Å²) < 4.78 is 14.9. The number of hydrogen-bond donors (Lipinski definition) is 0. The number of hydrogen-bond acceptors (Lipinski definition) is 4. The van der Waals surface area contributed by atoms with E-state index in [1.54, 1.807) is 6.07 Å². The van der Waals surface area contributed by atoms with Crippen LogP contribution in [0.15, 0.2) is 16.9 Å². The summed E-state index contributed by atoms with van der Waals surface area (Å²) in [7, 11) is 0. The smallest absolute Gasteiger partial charge is 0.253 e. The number of nitrogens with zero attached hydrogens (tertiary/aromatic N) is 1. The lowest BCUT2D eigenvalue weighted by atomic mass is 10.3. The fourth-order valence-electron chi connectivity index (χ4n) is 0.998. The molecule has 1 atom stereocenters. The molecule has 1 aliphatic rings. The van der Waals surface area contributed by atoms with Gasteiger partial charge >= 0.3 is 0 Å². The van der Waals surface area contributed by atoms with Gasteiger partial charge in [0.1, 0.15) is 6.26 Å². The maximum atomic E-state index is 5.26. The fraction of sp³-hybridized carbons (Fsp3) is 0.625. The van der Waals surface area contributed by atoms with Crippen LogP contribution in [0.2, 0.25) is 0 Å². The Morgan fingerprint density at radius 3 is 3.25 bits per heavy atom. The largest absolute Gasteiger partial charge is 0.476 e. The molecular weight excluding hydrogens is 158 g/mol. The minimum Gasteiger partial charge on any atom is -0.476 e. The lowest BCUT2D eigenvalue weighted by Gasteiger charge is -1.98. The van der Waals surface area contributed by atoms with Gasteiger partial charge in [0.25, 0.3) is 5.88 Å². The third-order valence-corrected chi connectivity index (χ3v) is 1.74. The average molecular weight is 169 g/mol. The summed E-state index contributed by atoms with van der Waals surface area (Å²) in [5.74, 6) is 0.562. The Balaban J connectivity index is 1.56. The highest BCUT2D eigenvalue weighted by atomic mass is 16.6. The highest BCUT2D eigenvalue weighted by Gasteiger charge is 2.21. The fourth-order valence-corrected chi connectivity index (χ4v) is 0.998. The van der Waals surface area contributed by atoms with Crippen LogP contribution in [-0.2, 0) is 4.74 Å². The first kappa shape index (κ1) is 7.61. The van der Waals surface area contributed by atoms with E-state index in [0.29, 0.717) is 18.6 Å². The summed E-state index contributed by atoms with van der Waals surface area (Å²) in [5, 5.41) is 3.62. The van der Waals surface area contributed by atoms with Gasteiger partial charge in [0.15, 0.2) is 0 Å². The lowest BCUT2D eigenvalue weighted by molar-refractivity contribution is 0.265. The van der Waals surface area contributed by atoms with E-state index in [2.05, 4.69) is 9.68 Å². The molecule has 1 aromatic heterocycles. The van der Waals surface area contributed by atoms with Crippen LogP contribution in [0.1, 0.15) is 12.8 Å². The summed E-state index contributed by atoms with van der Waals surface area (Å²) in [6.07, 6.45) is 4.08. The Labute approximate surface area is 70.4 Å². The standard InChI is InChI=1S/C8H11NO3/c1(2-7-6-11-7)4-10-8-3-5-12-9-8/h3,5,7H,1-2,4,6H2. The van der Waals surface area contributed by atoms with Crippen molar-refractivity contribution < 1.29 is 14.0 Å². The number of epoxide rings is 1. The second-order valence-electron chi connectivity index (χ2n) is 2.78. The highest BCUT2D eigenvalue weighted by Crippen LogP contribution is 2.15. The van der Waals surface area contributed by atoms with Gasteiger partial charge in [0, 0.05) is 6.07 Å². The number of ether oxygens (including phenoxy) is 2. The van der Waals surface area contributed by atoms with Crippen LogP contribution >= 0.6 is 0 Å². The van der Waals surface area contributed by atoms with Crippen molar-refractivity contribution in [2.45, 2.75) is 18.9 Å². The van der Waals surface area contributed by atoms with Crippen molar-refractivity contribution in [2.75, 3.05) is 13.2 Å². The molecule has 1 unspecified atom stereocenters. The van der Waals surface area contributed by atoms with Crippen LogP contribution in [0.25, 0.3) is 0 Å². The van der Waals surface area contributed by atoms with Gasteiger partial charge in [-0.25, -0.2) is 0 Å². The van der Waals surface area contributed by atoms with E-state index in [0.717, 1.165) is 19.4 Å². The van der Waals surface area contributed by atoms with E-state index in [1.807, 2.05) is 0 Å². The number of rotatable bonds is 5. The summed E-state index contributed by atoms with van der Waals surface area (Å²) in [5.41, 5.74) is 0. The third-order valence-electron chi connectivity index (χ3n) is 1.74. The Morgan fingerprint density at radius 2 is 2.58 bits per heavy atom.